The lowest BCUT2D eigenvalue weighted by Gasteiger charge is -2.05. The molecule has 0 fully saturated rings. The molecule has 0 bridgehead atoms. The Hall–Kier alpha value is -2.29. The molecular weight excluding hydrogens is 248 g/mol. The van der Waals surface area contributed by atoms with Gasteiger partial charge in [0, 0.05) is 12.1 Å². The number of oxazole rings is 1. The van der Waals surface area contributed by atoms with E-state index in [4.69, 9.17) is 4.42 Å². The van der Waals surface area contributed by atoms with Gasteiger partial charge in [0.05, 0.1) is 0 Å². The Labute approximate surface area is 117 Å². The van der Waals surface area contributed by atoms with E-state index >= 15 is 0 Å². The second kappa shape index (κ2) is 4.10. The molecule has 1 aliphatic rings. The molecule has 1 atom stereocenters. The van der Waals surface area contributed by atoms with Gasteiger partial charge in [-0.25, -0.2) is 4.98 Å². The Morgan fingerprint density at radius 2 is 2.05 bits per heavy atom. The summed E-state index contributed by atoms with van der Waals surface area (Å²) in [5.74, 6) is 0.782. The van der Waals surface area contributed by atoms with E-state index in [0.717, 1.165) is 29.0 Å². The van der Waals surface area contributed by atoms with Crippen molar-refractivity contribution in [1.82, 2.24) is 4.98 Å². The minimum absolute atomic E-state index is 0.138. The molecule has 0 saturated carbocycles. The molecule has 100 valence electrons. The Bertz CT molecular complexity index is 779. The molecule has 3 aromatic rings. The van der Waals surface area contributed by atoms with Gasteiger partial charge in [-0.1, -0.05) is 24.3 Å². The van der Waals surface area contributed by atoms with E-state index in [9.17, 15) is 0 Å². The molecule has 1 N–H and O–H groups in total. The number of fused-ring (bicyclic) bond motifs is 2. The highest BCUT2D eigenvalue weighted by Crippen LogP contribution is 2.35. The largest absolute Gasteiger partial charge is 0.438 e. The van der Waals surface area contributed by atoms with Crippen LogP contribution in [-0.2, 0) is 6.42 Å². The SMILES string of the molecule is Cc1cc(C)c2oc(C3Cc4ccccc4N3)nc2c1. The van der Waals surface area contributed by atoms with Crippen LogP contribution >= 0.6 is 0 Å². The van der Waals surface area contributed by atoms with Crippen molar-refractivity contribution in [3.05, 3.63) is 59.0 Å². The van der Waals surface area contributed by atoms with Gasteiger partial charge in [-0.05, 0) is 42.7 Å². The van der Waals surface area contributed by atoms with Crippen LogP contribution in [0.5, 0.6) is 0 Å². The van der Waals surface area contributed by atoms with E-state index in [1.54, 1.807) is 0 Å². The third kappa shape index (κ3) is 1.70. The predicted octanol–water partition coefficient (Wildman–Crippen LogP) is 4.15. The molecule has 4 rings (SSSR count). The lowest BCUT2D eigenvalue weighted by atomic mass is 10.1. The molecule has 1 aliphatic heterocycles. The van der Waals surface area contributed by atoms with Crippen molar-refractivity contribution in [1.29, 1.82) is 0 Å². The molecule has 2 aromatic carbocycles. The minimum atomic E-state index is 0.138. The number of aryl methyl sites for hydroxylation is 2. The Morgan fingerprint density at radius 1 is 1.20 bits per heavy atom. The van der Waals surface area contributed by atoms with Crippen molar-refractivity contribution in [3.8, 4) is 0 Å². The number of hydrogen-bond donors (Lipinski definition) is 1. The molecule has 1 unspecified atom stereocenters. The summed E-state index contributed by atoms with van der Waals surface area (Å²) in [6.07, 6.45) is 0.932. The first-order valence-corrected chi connectivity index (χ1v) is 6.93. The number of aromatic nitrogens is 1. The number of nitrogens with one attached hydrogen (secondary N) is 1. The third-order valence-electron chi connectivity index (χ3n) is 3.91. The van der Waals surface area contributed by atoms with E-state index in [1.807, 2.05) is 6.07 Å². The van der Waals surface area contributed by atoms with Crippen molar-refractivity contribution < 1.29 is 4.42 Å². The van der Waals surface area contributed by atoms with Gasteiger partial charge in [-0.3, -0.25) is 0 Å². The summed E-state index contributed by atoms with van der Waals surface area (Å²) in [5.41, 5.74) is 6.74. The normalized spacial score (nSPS) is 17.2. The van der Waals surface area contributed by atoms with Gasteiger partial charge in [0.1, 0.15) is 11.6 Å². The first-order chi connectivity index (χ1) is 9.70. The van der Waals surface area contributed by atoms with E-state index in [-0.39, 0.29) is 6.04 Å². The molecule has 2 heterocycles. The van der Waals surface area contributed by atoms with E-state index in [0.29, 0.717) is 0 Å². The highest BCUT2D eigenvalue weighted by molar-refractivity contribution is 5.77. The van der Waals surface area contributed by atoms with Crippen LogP contribution in [0.3, 0.4) is 0 Å². The molecule has 0 radical (unpaired) electrons. The zero-order valence-corrected chi connectivity index (χ0v) is 11.6. The summed E-state index contributed by atoms with van der Waals surface area (Å²) >= 11 is 0. The first kappa shape index (κ1) is 11.5. The maximum Gasteiger partial charge on any atom is 0.218 e. The summed E-state index contributed by atoms with van der Waals surface area (Å²) < 4.78 is 6.00. The molecule has 0 amide bonds. The Kier molecular flexibility index (Phi) is 2.36. The van der Waals surface area contributed by atoms with Crippen molar-refractivity contribution >= 4 is 16.8 Å². The molecular formula is C17H16N2O. The molecule has 1 aromatic heterocycles. The topological polar surface area (TPSA) is 38.1 Å². The van der Waals surface area contributed by atoms with Crippen LogP contribution < -0.4 is 5.32 Å². The fourth-order valence-corrected chi connectivity index (χ4v) is 2.99. The van der Waals surface area contributed by atoms with Gasteiger partial charge in [-0.15, -0.1) is 0 Å². The molecule has 20 heavy (non-hydrogen) atoms. The highest BCUT2D eigenvalue weighted by atomic mass is 16.3. The molecule has 3 heteroatoms. The zero-order chi connectivity index (χ0) is 13.7. The lowest BCUT2D eigenvalue weighted by molar-refractivity contribution is 0.496. The van der Waals surface area contributed by atoms with Gasteiger partial charge >= 0.3 is 0 Å². The third-order valence-corrected chi connectivity index (χ3v) is 3.91. The monoisotopic (exact) mass is 264 g/mol. The summed E-state index contributed by atoms with van der Waals surface area (Å²) in [5, 5.41) is 3.49. The average molecular weight is 264 g/mol. The number of anilines is 1. The lowest BCUT2D eigenvalue weighted by Crippen LogP contribution is -2.05. The first-order valence-electron chi connectivity index (χ1n) is 6.93. The van der Waals surface area contributed by atoms with Gasteiger partial charge in [0.2, 0.25) is 5.89 Å². The van der Waals surface area contributed by atoms with Crippen LogP contribution in [0.25, 0.3) is 11.1 Å². The molecule has 3 nitrogen and oxygen atoms in total. The van der Waals surface area contributed by atoms with Crippen molar-refractivity contribution in [2.75, 3.05) is 5.32 Å². The number of nitrogens with zero attached hydrogens (tertiary/aromatic N) is 1. The van der Waals surface area contributed by atoms with Gasteiger partial charge in [0.15, 0.2) is 5.58 Å². The second-order valence-corrected chi connectivity index (χ2v) is 5.54. The van der Waals surface area contributed by atoms with Crippen molar-refractivity contribution in [3.63, 3.8) is 0 Å². The number of para-hydroxylation sites is 1. The fourth-order valence-electron chi connectivity index (χ4n) is 2.99. The van der Waals surface area contributed by atoms with Crippen molar-refractivity contribution in [2.45, 2.75) is 26.3 Å². The summed E-state index contributed by atoms with van der Waals surface area (Å²) in [4.78, 5) is 4.67. The fraction of sp³-hybridized carbons (Fsp3) is 0.235. The average Bonchev–Trinajstić information content (AvgIpc) is 3.01. The van der Waals surface area contributed by atoms with Crippen LogP contribution in [-0.4, -0.2) is 4.98 Å². The zero-order valence-electron chi connectivity index (χ0n) is 11.6. The highest BCUT2D eigenvalue weighted by Gasteiger charge is 2.26. The number of benzene rings is 2. The van der Waals surface area contributed by atoms with Crippen LogP contribution in [0.15, 0.2) is 40.8 Å². The Morgan fingerprint density at radius 3 is 2.90 bits per heavy atom. The van der Waals surface area contributed by atoms with Crippen LogP contribution in [0, 0.1) is 13.8 Å². The minimum Gasteiger partial charge on any atom is -0.438 e. The van der Waals surface area contributed by atoms with E-state index in [2.05, 4.69) is 54.5 Å². The quantitative estimate of drug-likeness (QED) is 0.717. The maximum atomic E-state index is 6.00. The van der Waals surface area contributed by atoms with Crippen LogP contribution in [0.4, 0.5) is 5.69 Å². The number of hydrogen-bond acceptors (Lipinski definition) is 3. The second-order valence-electron chi connectivity index (χ2n) is 5.54. The summed E-state index contributed by atoms with van der Waals surface area (Å²) in [6.45, 7) is 4.16. The Balaban J connectivity index is 1.76. The van der Waals surface area contributed by atoms with Gasteiger partial charge < -0.3 is 9.73 Å². The standard InChI is InChI=1S/C17H16N2O/c1-10-7-11(2)16-14(8-10)19-17(20-16)15-9-12-5-3-4-6-13(12)18-15/h3-8,15,18H,9H2,1-2H3. The van der Waals surface area contributed by atoms with Gasteiger partial charge in [-0.2, -0.15) is 0 Å². The van der Waals surface area contributed by atoms with E-state index < -0.39 is 0 Å². The summed E-state index contributed by atoms with van der Waals surface area (Å²) in [6, 6.07) is 12.7. The van der Waals surface area contributed by atoms with Crippen LogP contribution in [0.2, 0.25) is 0 Å². The molecule has 0 spiro atoms. The van der Waals surface area contributed by atoms with Crippen molar-refractivity contribution in [2.24, 2.45) is 0 Å². The predicted molar refractivity (Wildman–Crippen MR) is 80.0 cm³/mol. The van der Waals surface area contributed by atoms with Gasteiger partial charge in [0.25, 0.3) is 0 Å². The summed E-state index contributed by atoms with van der Waals surface area (Å²) in [7, 11) is 0. The molecule has 0 saturated heterocycles. The van der Waals surface area contributed by atoms with Crippen LogP contribution in [0.1, 0.15) is 28.6 Å². The van der Waals surface area contributed by atoms with E-state index in [1.165, 1.54) is 16.8 Å². The maximum absolute atomic E-state index is 6.00. The number of rotatable bonds is 1. The molecule has 0 aliphatic carbocycles. The smallest absolute Gasteiger partial charge is 0.218 e.